The number of esters is 2. The van der Waals surface area contributed by atoms with Gasteiger partial charge in [0.2, 0.25) is 0 Å². The molecule has 18 heavy (non-hydrogen) atoms. The van der Waals surface area contributed by atoms with Gasteiger partial charge in [-0.2, -0.15) is 26.3 Å². The normalized spacial score (nSPS) is 12.6. The van der Waals surface area contributed by atoms with Gasteiger partial charge in [0, 0.05) is 6.42 Å². The van der Waals surface area contributed by atoms with Gasteiger partial charge in [-0.3, -0.25) is 0 Å². The van der Waals surface area contributed by atoms with Crippen molar-refractivity contribution in [2.75, 3.05) is 6.61 Å². The Hall–Kier alpha value is -1.74. The molecule has 4 nitrogen and oxygen atoms in total. The van der Waals surface area contributed by atoms with Crippen LogP contribution in [-0.4, -0.2) is 30.9 Å². The second-order valence-electron chi connectivity index (χ2n) is 2.70. The maximum atomic E-state index is 11.6. The lowest BCUT2D eigenvalue weighted by molar-refractivity contribution is -0.199. The number of carbonyl (C=O) groups is 2. The molecular formula is C8H6F6O4. The summed E-state index contributed by atoms with van der Waals surface area (Å²) in [7, 11) is 0. The Balaban J connectivity index is 3.81. The number of rotatable bonds is 4. The van der Waals surface area contributed by atoms with Crippen molar-refractivity contribution in [3.8, 4) is 0 Å². The molecule has 10 heteroatoms. The van der Waals surface area contributed by atoms with E-state index in [0.29, 0.717) is 6.26 Å². The summed E-state index contributed by atoms with van der Waals surface area (Å²) in [6, 6.07) is 0. The van der Waals surface area contributed by atoms with Crippen LogP contribution in [0.2, 0.25) is 0 Å². The summed E-state index contributed by atoms with van der Waals surface area (Å²) >= 11 is 0. The highest BCUT2D eigenvalue weighted by atomic mass is 19.4. The van der Waals surface area contributed by atoms with E-state index < -0.39 is 30.9 Å². The molecule has 0 heterocycles. The summed E-state index contributed by atoms with van der Waals surface area (Å²) in [5.74, 6) is -4.88. The monoisotopic (exact) mass is 280 g/mol. The van der Waals surface area contributed by atoms with E-state index in [9.17, 15) is 35.9 Å². The predicted octanol–water partition coefficient (Wildman–Crippen LogP) is 2.10. The summed E-state index contributed by atoms with van der Waals surface area (Å²) in [4.78, 5) is 20.2. The molecule has 0 amide bonds. The number of hydrogen-bond donors (Lipinski definition) is 0. The minimum Gasteiger partial charge on any atom is -0.459 e. The Morgan fingerprint density at radius 3 is 1.89 bits per heavy atom. The minimum atomic E-state index is -5.16. The maximum absolute atomic E-state index is 11.6. The summed E-state index contributed by atoms with van der Waals surface area (Å²) < 4.78 is 76.7. The fourth-order valence-corrected chi connectivity index (χ4v) is 0.546. The summed E-state index contributed by atoms with van der Waals surface area (Å²) in [6.45, 7) is -0.710. The van der Waals surface area contributed by atoms with E-state index in [1.807, 2.05) is 0 Å². The van der Waals surface area contributed by atoms with Crippen LogP contribution in [0.1, 0.15) is 6.42 Å². The quantitative estimate of drug-likeness (QED) is 0.342. The van der Waals surface area contributed by atoms with Crippen molar-refractivity contribution in [2.45, 2.75) is 18.8 Å². The van der Waals surface area contributed by atoms with Gasteiger partial charge in [-0.1, -0.05) is 0 Å². The number of alkyl halides is 6. The molecule has 0 unspecified atom stereocenters. The van der Waals surface area contributed by atoms with Gasteiger partial charge in [0.05, 0.1) is 12.9 Å². The van der Waals surface area contributed by atoms with Crippen LogP contribution in [0.3, 0.4) is 0 Å². The van der Waals surface area contributed by atoms with Crippen molar-refractivity contribution >= 4 is 11.9 Å². The molecule has 0 fully saturated rings. The molecule has 0 N–H and O–H groups in total. The van der Waals surface area contributed by atoms with Crippen LogP contribution >= 0.6 is 0 Å². The van der Waals surface area contributed by atoms with E-state index in [1.165, 1.54) is 0 Å². The third kappa shape index (κ3) is 6.76. The third-order valence-corrected chi connectivity index (χ3v) is 1.25. The second-order valence-corrected chi connectivity index (χ2v) is 2.70. The summed E-state index contributed by atoms with van der Waals surface area (Å²) in [5, 5.41) is 0. The zero-order valence-electron chi connectivity index (χ0n) is 8.47. The van der Waals surface area contributed by atoms with Gasteiger partial charge < -0.3 is 9.47 Å². The van der Waals surface area contributed by atoms with Crippen LogP contribution in [-0.2, 0) is 19.1 Å². The van der Waals surface area contributed by atoms with E-state index in [4.69, 9.17) is 0 Å². The molecule has 0 aromatic rings. The Morgan fingerprint density at radius 1 is 0.944 bits per heavy atom. The minimum absolute atomic E-state index is 0.340. The predicted molar refractivity (Wildman–Crippen MR) is 42.9 cm³/mol. The first-order valence-electron chi connectivity index (χ1n) is 4.22. The number of carbonyl (C=O) groups excluding carboxylic acids is 2. The van der Waals surface area contributed by atoms with Gasteiger partial charge in [0.1, 0.15) is 0 Å². The highest BCUT2D eigenvalue weighted by Crippen LogP contribution is 2.17. The first-order valence-corrected chi connectivity index (χ1v) is 4.22. The SMILES string of the molecule is O=C(OC=CCCOC(=O)C(F)(F)F)C(F)(F)F. The molecule has 0 aromatic heterocycles. The average Bonchev–Trinajstić information content (AvgIpc) is 2.19. The summed E-state index contributed by atoms with van der Waals surface area (Å²) in [6.07, 6.45) is -9.49. The molecule has 0 aliphatic rings. The highest BCUT2D eigenvalue weighted by molar-refractivity contribution is 5.76. The second kappa shape index (κ2) is 6.26. The first kappa shape index (κ1) is 16.3. The van der Waals surface area contributed by atoms with E-state index in [1.54, 1.807) is 0 Å². The van der Waals surface area contributed by atoms with Crippen molar-refractivity contribution in [2.24, 2.45) is 0 Å². The Kier molecular flexibility index (Phi) is 5.66. The number of hydrogen-bond acceptors (Lipinski definition) is 4. The molecule has 0 bridgehead atoms. The van der Waals surface area contributed by atoms with Crippen LogP contribution in [0, 0.1) is 0 Å². The van der Waals surface area contributed by atoms with Crippen molar-refractivity contribution in [3.05, 3.63) is 12.3 Å². The van der Waals surface area contributed by atoms with E-state index >= 15 is 0 Å². The molecule has 0 aliphatic carbocycles. The molecule has 0 aliphatic heterocycles. The molecular weight excluding hydrogens is 274 g/mol. The molecule has 0 aromatic carbocycles. The zero-order chi connectivity index (χ0) is 14.4. The molecule has 0 saturated carbocycles. The zero-order valence-corrected chi connectivity index (χ0v) is 8.47. The van der Waals surface area contributed by atoms with Crippen molar-refractivity contribution in [3.63, 3.8) is 0 Å². The molecule has 104 valence electrons. The summed E-state index contributed by atoms with van der Waals surface area (Å²) in [5.41, 5.74) is 0. The van der Waals surface area contributed by atoms with Crippen molar-refractivity contribution in [1.82, 2.24) is 0 Å². The topological polar surface area (TPSA) is 52.6 Å². The third-order valence-electron chi connectivity index (χ3n) is 1.25. The van der Waals surface area contributed by atoms with Crippen molar-refractivity contribution in [1.29, 1.82) is 0 Å². The van der Waals surface area contributed by atoms with Gasteiger partial charge in [0.15, 0.2) is 0 Å². The number of halogens is 6. The van der Waals surface area contributed by atoms with Gasteiger partial charge in [0.25, 0.3) is 0 Å². The number of ether oxygens (including phenoxy) is 2. The molecule has 0 saturated heterocycles. The lowest BCUT2D eigenvalue weighted by Gasteiger charge is -2.05. The molecule has 0 rings (SSSR count). The van der Waals surface area contributed by atoms with Crippen molar-refractivity contribution < 1.29 is 45.4 Å². The Labute approximate surface area is 96.1 Å². The molecule has 0 atom stereocenters. The van der Waals surface area contributed by atoms with E-state index in [0.717, 1.165) is 6.08 Å². The van der Waals surface area contributed by atoms with Crippen LogP contribution < -0.4 is 0 Å². The smallest absolute Gasteiger partial charge is 0.459 e. The van der Waals surface area contributed by atoms with Gasteiger partial charge >= 0.3 is 24.3 Å². The van der Waals surface area contributed by atoms with E-state index in [-0.39, 0.29) is 6.42 Å². The lowest BCUT2D eigenvalue weighted by Crippen LogP contribution is -2.25. The fourth-order valence-electron chi connectivity index (χ4n) is 0.546. The average molecular weight is 280 g/mol. The lowest BCUT2D eigenvalue weighted by atomic mass is 10.4. The van der Waals surface area contributed by atoms with Crippen LogP contribution in [0.15, 0.2) is 12.3 Å². The highest BCUT2D eigenvalue weighted by Gasteiger charge is 2.41. The fraction of sp³-hybridized carbons (Fsp3) is 0.500. The Bertz CT molecular complexity index is 329. The first-order chi connectivity index (χ1) is 8.05. The Morgan fingerprint density at radius 2 is 1.44 bits per heavy atom. The van der Waals surface area contributed by atoms with Crippen LogP contribution in [0.4, 0.5) is 26.3 Å². The van der Waals surface area contributed by atoms with E-state index in [2.05, 4.69) is 9.47 Å². The van der Waals surface area contributed by atoms with Gasteiger partial charge in [-0.25, -0.2) is 9.59 Å². The van der Waals surface area contributed by atoms with Crippen LogP contribution in [0.25, 0.3) is 0 Å². The maximum Gasteiger partial charge on any atom is 0.491 e. The van der Waals surface area contributed by atoms with Gasteiger partial charge in [-0.05, 0) is 6.08 Å². The molecule has 0 spiro atoms. The standard InChI is InChI=1S/C8H6F6O4/c9-7(10,11)5(15)17-3-1-2-4-18-6(16)8(12,13)14/h1,3H,2,4H2. The van der Waals surface area contributed by atoms with Gasteiger partial charge in [-0.15, -0.1) is 0 Å². The molecule has 0 radical (unpaired) electrons. The largest absolute Gasteiger partial charge is 0.491 e. The van der Waals surface area contributed by atoms with Crippen LogP contribution in [0.5, 0.6) is 0 Å².